The first-order valence-electron chi connectivity index (χ1n) is 12.8. The van der Waals surface area contributed by atoms with Gasteiger partial charge in [0.15, 0.2) is 0 Å². The van der Waals surface area contributed by atoms with E-state index in [0.717, 1.165) is 46.5 Å². The van der Waals surface area contributed by atoms with Crippen molar-refractivity contribution in [2.24, 2.45) is 0 Å². The molecular formula is C30H30IrN2-2. The number of aromatic nitrogens is 2. The quantitative estimate of drug-likeness (QED) is 0.220. The number of hydrogen-bond donors (Lipinski definition) is 0. The van der Waals surface area contributed by atoms with Gasteiger partial charge < -0.3 is 11.4 Å². The number of aryl methyl sites for hydroxylation is 1. The van der Waals surface area contributed by atoms with Crippen LogP contribution in [0.5, 0.6) is 0 Å². The minimum Gasteiger partial charge on any atom is -0.320 e. The zero-order valence-corrected chi connectivity index (χ0v) is 21.0. The van der Waals surface area contributed by atoms with Crippen LogP contribution in [0.1, 0.15) is 53.8 Å². The van der Waals surface area contributed by atoms with Gasteiger partial charge in [-0.05, 0) is 35.4 Å². The van der Waals surface area contributed by atoms with Crippen molar-refractivity contribution < 1.29 is 24.2 Å². The summed E-state index contributed by atoms with van der Waals surface area (Å²) in [5.41, 5.74) is 5.86. The van der Waals surface area contributed by atoms with E-state index in [0.29, 0.717) is 5.92 Å². The monoisotopic (exact) mass is 614 g/mol. The van der Waals surface area contributed by atoms with E-state index in [-0.39, 0.29) is 26.5 Å². The Balaban J connectivity index is 0.000000234. The molecule has 2 aromatic heterocycles. The van der Waals surface area contributed by atoms with Crippen LogP contribution in [-0.2, 0) is 26.5 Å². The zero-order valence-electron chi connectivity index (χ0n) is 21.6. The molecule has 2 heterocycles. The summed E-state index contributed by atoms with van der Waals surface area (Å²) in [6, 6.07) is 28.7. The topological polar surface area (TPSA) is 25.8 Å². The molecule has 2 aromatic carbocycles. The first-order chi connectivity index (χ1) is 17.0. The van der Waals surface area contributed by atoms with E-state index < -0.39 is 6.85 Å². The van der Waals surface area contributed by atoms with Crippen molar-refractivity contribution in [2.75, 3.05) is 0 Å². The van der Waals surface area contributed by atoms with Gasteiger partial charge in [0, 0.05) is 47.9 Å². The van der Waals surface area contributed by atoms with Crippen LogP contribution in [0, 0.1) is 12.5 Å². The molecule has 1 aliphatic rings. The molecule has 2 nitrogen and oxygen atoms in total. The Morgan fingerprint density at radius 2 is 1.85 bits per heavy atom. The Morgan fingerprint density at radius 3 is 2.55 bits per heavy atom. The van der Waals surface area contributed by atoms with Crippen LogP contribution in [0.4, 0.5) is 0 Å². The van der Waals surface area contributed by atoms with Crippen LogP contribution in [0.2, 0.25) is 0 Å². The minimum absolute atomic E-state index is 0. The molecule has 0 spiro atoms. The molecule has 0 N–H and O–H groups in total. The summed E-state index contributed by atoms with van der Waals surface area (Å²) in [6.45, 7) is -1.97. The van der Waals surface area contributed by atoms with Gasteiger partial charge in [0.1, 0.15) is 0 Å². The molecular weight excluding hydrogens is 581 g/mol. The van der Waals surface area contributed by atoms with Crippen molar-refractivity contribution in [1.82, 2.24) is 9.97 Å². The largest absolute Gasteiger partial charge is 0.320 e. The van der Waals surface area contributed by atoms with Gasteiger partial charge in [0.25, 0.3) is 0 Å². The van der Waals surface area contributed by atoms with E-state index in [9.17, 15) is 0 Å². The van der Waals surface area contributed by atoms with Crippen LogP contribution >= 0.6 is 0 Å². The Bertz CT molecular complexity index is 1140. The Hall–Kier alpha value is -2.61. The maximum atomic E-state index is 7.65. The second kappa shape index (κ2) is 13.2. The first-order valence-corrected chi connectivity index (χ1v) is 11.3. The van der Waals surface area contributed by atoms with Gasteiger partial charge in [0.05, 0.1) is 0 Å². The number of pyridine rings is 2. The van der Waals surface area contributed by atoms with Crippen LogP contribution in [0.25, 0.3) is 22.4 Å². The summed E-state index contributed by atoms with van der Waals surface area (Å²) < 4.78 is 22.9. The predicted octanol–water partition coefficient (Wildman–Crippen LogP) is 7.72. The van der Waals surface area contributed by atoms with E-state index in [1.807, 2.05) is 85.1 Å². The summed E-state index contributed by atoms with van der Waals surface area (Å²) in [6.07, 6.45) is 10.8. The second-order valence-corrected chi connectivity index (χ2v) is 7.93. The van der Waals surface area contributed by atoms with Crippen LogP contribution < -0.4 is 0 Å². The Kier molecular flexibility index (Phi) is 8.37. The average molecular weight is 614 g/mol. The third-order valence-corrected chi connectivity index (χ3v) is 5.74. The van der Waals surface area contributed by atoms with Gasteiger partial charge in [0.2, 0.25) is 0 Å². The van der Waals surface area contributed by atoms with Crippen molar-refractivity contribution in [2.45, 2.75) is 44.9 Å². The molecule has 1 atom stereocenters. The van der Waals surface area contributed by atoms with Crippen molar-refractivity contribution in [1.29, 1.82) is 0 Å². The third-order valence-electron chi connectivity index (χ3n) is 5.74. The van der Waals surface area contributed by atoms with Gasteiger partial charge in [-0.2, -0.15) is 6.42 Å². The van der Waals surface area contributed by atoms with Crippen molar-refractivity contribution in [3.63, 3.8) is 0 Å². The molecule has 1 radical (unpaired) electrons. The van der Waals surface area contributed by atoms with Gasteiger partial charge >= 0.3 is 0 Å². The SMILES string of the molecule is [2H]C([2H])([2H])Cc1cc(C2[CH-]CCCC2)ncc1-c1ccccc1.[Ir].[c-]1ccccc1-c1ccccn1. The maximum absolute atomic E-state index is 7.65. The van der Waals surface area contributed by atoms with E-state index in [4.69, 9.17) is 4.11 Å². The molecule has 1 aliphatic carbocycles. The molecule has 33 heavy (non-hydrogen) atoms. The molecule has 1 saturated carbocycles. The van der Waals surface area contributed by atoms with Gasteiger partial charge in [-0.3, -0.25) is 4.98 Å². The van der Waals surface area contributed by atoms with Gasteiger partial charge in [-0.25, -0.2) is 0 Å². The number of rotatable bonds is 4. The molecule has 171 valence electrons. The number of nitrogens with zero attached hydrogens (tertiary/aromatic N) is 2. The summed E-state index contributed by atoms with van der Waals surface area (Å²) in [7, 11) is 0. The third kappa shape index (κ3) is 6.93. The van der Waals surface area contributed by atoms with E-state index >= 15 is 0 Å². The van der Waals surface area contributed by atoms with Crippen molar-refractivity contribution >= 4 is 0 Å². The van der Waals surface area contributed by atoms with Crippen LogP contribution in [0.3, 0.4) is 0 Å². The predicted molar refractivity (Wildman–Crippen MR) is 133 cm³/mol. The Morgan fingerprint density at radius 1 is 1.00 bits per heavy atom. The van der Waals surface area contributed by atoms with Crippen molar-refractivity contribution in [3.05, 3.63) is 115 Å². The van der Waals surface area contributed by atoms with Gasteiger partial charge in [-0.1, -0.05) is 68.6 Å². The van der Waals surface area contributed by atoms with Gasteiger partial charge in [-0.15, -0.1) is 41.8 Å². The average Bonchev–Trinajstić information content (AvgIpc) is 2.90. The van der Waals surface area contributed by atoms with Crippen LogP contribution in [0.15, 0.2) is 91.3 Å². The first kappa shape index (κ1) is 21.0. The van der Waals surface area contributed by atoms with Crippen LogP contribution in [-0.4, -0.2) is 9.97 Å². The minimum atomic E-state index is -1.97. The molecule has 0 bridgehead atoms. The molecule has 4 aromatic rings. The number of benzene rings is 2. The standard InChI is InChI=1S/C19H22N.C11H8N.Ir/c1-2-15-13-19(17-11-7-4-8-12-17)20-14-18(15)16-9-5-3-6-10-16;1-2-6-10(7-3-1)11-8-4-5-9-12-11;/h3,5-6,9-11,13-14,17H,2,4,7-8,12H2,1H3;1-6,8-9H;/q2*-1;/i1D3;;. The molecule has 1 unspecified atom stereocenters. The molecule has 0 amide bonds. The molecule has 0 saturated heterocycles. The second-order valence-electron chi connectivity index (χ2n) is 7.93. The summed E-state index contributed by atoms with van der Waals surface area (Å²) in [5, 5.41) is 0. The van der Waals surface area contributed by atoms with Crippen molar-refractivity contribution in [3.8, 4) is 22.4 Å². The van der Waals surface area contributed by atoms with E-state index in [2.05, 4.69) is 22.5 Å². The molecule has 1 fully saturated rings. The van der Waals surface area contributed by atoms with E-state index in [1.54, 1.807) is 6.20 Å². The fourth-order valence-corrected chi connectivity index (χ4v) is 4.03. The summed E-state index contributed by atoms with van der Waals surface area (Å²) in [4.78, 5) is 8.87. The fourth-order valence-electron chi connectivity index (χ4n) is 4.03. The van der Waals surface area contributed by atoms with E-state index in [1.165, 1.54) is 12.8 Å². The molecule has 0 aliphatic heterocycles. The zero-order chi connectivity index (χ0) is 24.5. The summed E-state index contributed by atoms with van der Waals surface area (Å²) in [5.74, 6) is 0.365. The normalized spacial score (nSPS) is 16.7. The molecule has 5 rings (SSSR count). The smallest absolute Gasteiger partial charge is 0.0351 e. The summed E-state index contributed by atoms with van der Waals surface area (Å²) >= 11 is 0. The number of hydrogen-bond acceptors (Lipinski definition) is 2. The maximum Gasteiger partial charge on any atom is 0.0351 e. The molecule has 3 heteroatoms. The fraction of sp³-hybridized carbons (Fsp3) is 0.233. The Labute approximate surface area is 216 Å².